The van der Waals surface area contributed by atoms with E-state index < -0.39 is 81.1 Å². The monoisotopic (exact) mass is 819 g/mol. The van der Waals surface area contributed by atoms with Crippen LogP contribution in [0.4, 0.5) is 10.2 Å². The van der Waals surface area contributed by atoms with Crippen molar-refractivity contribution < 1.29 is 52.0 Å². The molecule has 1 aliphatic rings. The Bertz CT molecular complexity index is 1680. The number of carboxylic acids is 1. The first-order valence-corrected chi connectivity index (χ1v) is 23.0. The van der Waals surface area contributed by atoms with Crippen LogP contribution in [0.3, 0.4) is 0 Å². The van der Waals surface area contributed by atoms with Crippen LogP contribution in [0.5, 0.6) is 0 Å². The lowest BCUT2D eigenvalue weighted by atomic mass is 9.89. The SMILES string of the molecule is C#C[C@]1(COC(=O)C(CCC(=O)O)C(COC(=O)CCCCCC)COC(=O)CCCCCC)O[C@@H](n2cnc3c(N)nc(F)nc32)C[C@@H]1O[Si](C)(C)C(C)(C)C. The van der Waals surface area contributed by atoms with Crippen molar-refractivity contribution in [3.63, 3.8) is 0 Å². The minimum absolute atomic E-state index is 0.0669. The number of carboxylic acid groups (broad SMARTS) is 1. The van der Waals surface area contributed by atoms with Crippen molar-refractivity contribution in [3.05, 3.63) is 12.4 Å². The van der Waals surface area contributed by atoms with E-state index in [1.807, 2.05) is 13.1 Å². The number of ether oxygens (including phenoxy) is 4. The summed E-state index contributed by atoms with van der Waals surface area (Å²) in [5.74, 6) is -2.54. The van der Waals surface area contributed by atoms with E-state index in [0.29, 0.717) is 12.8 Å². The van der Waals surface area contributed by atoms with E-state index in [9.17, 15) is 28.7 Å². The molecule has 2 aromatic heterocycles. The van der Waals surface area contributed by atoms with Crippen molar-refractivity contribution in [3.8, 4) is 12.3 Å². The van der Waals surface area contributed by atoms with Gasteiger partial charge in [-0.1, -0.05) is 79.1 Å². The fourth-order valence-corrected chi connectivity index (χ4v) is 7.68. The lowest BCUT2D eigenvalue weighted by Crippen LogP contribution is -2.52. The molecule has 4 atom stereocenters. The summed E-state index contributed by atoms with van der Waals surface area (Å²) >= 11 is 0. The lowest BCUT2D eigenvalue weighted by Gasteiger charge is -2.41. The Morgan fingerprint density at radius 3 is 2.14 bits per heavy atom. The van der Waals surface area contributed by atoms with Gasteiger partial charge in [-0.2, -0.15) is 14.4 Å². The first kappa shape index (κ1) is 47.2. The average molecular weight is 820 g/mol. The van der Waals surface area contributed by atoms with Gasteiger partial charge in [0.15, 0.2) is 30.9 Å². The second-order valence-corrected chi connectivity index (χ2v) is 21.1. The number of aliphatic carboxylic acids is 1. The van der Waals surface area contributed by atoms with Gasteiger partial charge in [0.05, 0.1) is 31.6 Å². The van der Waals surface area contributed by atoms with Gasteiger partial charge in [0, 0.05) is 31.6 Å². The first-order valence-electron chi connectivity index (χ1n) is 20.1. The highest BCUT2D eigenvalue weighted by atomic mass is 28.4. The molecule has 0 bridgehead atoms. The van der Waals surface area contributed by atoms with Gasteiger partial charge in [0.25, 0.3) is 0 Å². The molecule has 1 fully saturated rings. The van der Waals surface area contributed by atoms with Crippen molar-refractivity contribution in [2.45, 2.75) is 154 Å². The van der Waals surface area contributed by atoms with Gasteiger partial charge >= 0.3 is 30.0 Å². The summed E-state index contributed by atoms with van der Waals surface area (Å²) in [5.41, 5.74) is 4.46. The highest BCUT2D eigenvalue weighted by Gasteiger charge is 2.54. The minimum Gasteiger partial charge on any atom is -0.481 e. The van der Waals surface area contributed by atoms with E-state index in [-0.39, 0.29) is 60.9 Å². The van der Waals surface area contributed by atoms with Crippen LogP contribution < -0.4 is 5.73 Å². The molecule has 15 nitrogen and oxygen atoms in total. The van der Waals surface area contributed by atoms with Crippen LogP contribution in [0, 0.1) is 30.3 Å². The molecule has 3 rings (SSSR count). The van der Waals surface area contributed by atoms with Crippen molar-refractivity contribution in [2.75, 3.05) is 25.6 Å². The van der Waals surface area contributed by atoms with E-state index in [1.54, 1.807) is 0 Å². The molecule has 57 heavy (non-hydrogen) atoms. The molecule has 0 radical (unpaired) electrons. The molecule has 3 N–H and O–H groups in total. The van der Waals surface area contributed by atoms with Crippen molar-refractivity contribution in [2.24, 2.45) is 11.8 Å². The zero-order chi connectivity index (χ0) is 42.4. The number of unbranched alkanes of at least 4 members (excludes halogenated alkanes) is 6. The van der Waals surface area contributed by atoms with Crippen molar-refractivity contribution in [1.82, 2.24) is 19.5 Å². The summed E-state index contributed by atoms with van der Waals surface area (Å²) in [5, 5.41) is 9.37. The summed E-state index contributed by atoms with van der Waals surface area (Å²) in [4.78, 5) is 63.1. The number of hydrogen-bond donors (Lipinski definition) is 2. The summed E-state index contributed by atoms with van der Waals surface area (Å²) in [6.07, 6.45) is 11.6. The lowest BCUT2D eigenvalue weighted by molar-refractivity contribution is -0.168. The Hall–Kier alpha value is -4.14. The van der Waals surface area contributed by atoms with Gasteiger partial charge in [-0.05, 0) is 37.4 Å². The summed E-state index contributed by atoms with van der Waals surface area (Å²) in [7, 11) is -2.56. The number of nitrogens with two attached hydrogens (primary N) is 1. The molecule has 2 aromatic rings. The van der Waals surface area contributed by atoms with Crippen LogP contribution in [-0.2, 0) is 42.6 Å². The molecule has 17 heteroatoms. The van der Waals surface area contributed by atoms with E-state index in [0.717, 1.165) is 38.5 Å². The van der Waals surface area contributed by atoms with Gasteiger partial charge < -0.3 is 34.2 Å². The smallest absolute Gasteiger partial charge is 0.312 e. The number of fused-ring (bicyclic) bond motifs is 1. The summed E-state index contributed by atoms with van der Waals surface area (Å²) in [6, 6.07) is 0. The van der Waals surface area contributed by atoms with Gasteiger partial charge in [0.1, 0.15) is 12.8 Å². The third-order valence-electron chi connectivity index (χ3n) is 10.9. The number of anilines is 1. The Balaban J connectivity index is 1.93. The van der Waals surface area contributed by atoms with E-state index in [1.165, 1.54) is 10.9 Å². The number of halogens is 1. The molecule has 1 saturated heterocycles. The average Bonchev–Trinajstić information content (AvgIpc) is 3.72. The second-order valence-electron chi connectivity index (χ2n) is 16.3. The van der Waals surface area contributed by atoms with E-state index in [4.69, 9.17) is 35.5 Å². The summed E-state index contributed by atoms with van der Waals surface area (Å²) in [6.45, 7) is 13.2. The number of carbonyl (C=O) groups excluding carboxylic acids is 3. The Morgan fingerprint density at radius 1 is 1.02 bits per heavy atom. The highest BCUT2D eigenvalue weighted by Crippen LogP contribution is 2.45. The largest absolute Gasteiger partial charge is 0.481 e. The van der Waals surface area contributed by atoms with Crippen molar-refractivity contribution in [1.29, 1.82) is 0 Å². The van der Waals surface area contributed by atoms with Crippen LogP contribution in [0.25, 0.3) is 11.2 Å². The fraction of sp³-hybridized carbons (Fsp3) is 0.725. The van der Waals surface area contributed by atoms with Gasteiger partial charge in [0.2, 0.25) is 0 Å². The van der Waals surface area contributed by atoms with Crippen LogP contribution in [-0.4, -0.2) is 88.3 Å². The molecule has 318 valence electrons. The number of aromatic nitrogens is 4. The Kier molecular flexibility index (Phi) is 17.9. The number of hydrogen-bond acceptors (Lipinski definition) is 13. The quantitative estimate of drug-likeness (QED) is 0.0276. The molecule has 0 aromatic carbocycles. The topological polar surface area (TPSA) is 204 Å². The zero-order valence-corrected chi connectivity index (χ0v) is 35.6. The number of carbonyl (C=O) groups is 4. The number of nitrogens with zero attached hydrogens (tertiary/aromatic N) is 4. The molecular formula is C40H62FN5O10Si. The number of rotatable bonds is 24. The number of imidazole rings is 1. The Labute approximate surface area is 336 Å². The molecule has 0 amide bonds. The maximum atomic E-state index is 14.3. The fourth-order valence-electron chi connectivity index (χ4n) is 6.33. The first-order chi connectivity index (χ1) is 26.9. The maximum absolute atomic E-state index is 14.3. The molecule has 0 saturated carbocycles. The predicted molar refractivity (Wildman–Crippen MR) is 212 cm³/mol. The van der Waals surface area contributed by atoms with Crippen LogP contribution in [0.15, 0.2) is 6.33 Å². The molecule has 1 unspecified atom stereocenters. The maximum Gasteiger partial charge on any atom is 0.312 e. The number of nitrogen functional groups attached to an aromatic ring is 1. The molecular weight excluding hydrogens is 758 g/mol. The molecule has 0 spiro atoms. The number of esters is 3. The molecule has 0 aliphatic carbocycles. The van der Waals surface area contributed by atoms with Gasteiger partial charge in [-0.15, -0.1) is 6.42 Å². The second kappa shape index (κ2) is 21.6. The normalized spacial score (nSPS) is 19.0. The third-order valence-corrected chi connectivity index (χ3v) is 15.3. The predicted octanol–water partition coefficient (Wildman–Crippen LogP) is 6.90. The van der Waals surface area contributed by atoms with Crippen LogP contribution >= 0.6 is 0 Å². The zero-order valence-electron chi connectivity index (χ0n) is 34.6. The van der Waals surface area contributed by atoms with E-state index >= 15 is 0 Å². The van der Waals surface area contributed by atoms with Crippen LogP contribution in [0.1, 0.15) is 124 Å². The Morgan fingerprint density at radius 2 is 1.61 bits per heavy atom. The van der Waals surface area contributed by atoms with E-state index in [2.05, 4.69) is 55.5 Å². The van der Waals surface area contributed by atoms with Gasteiger partial charge in [-0.3, -0.25) is 23.7 Å². The summed E-state index contributed by atoms with van der Waals surface area (Å²) < 4.78 is 46.2. The van der Waals surface area contributed by atoms with Gasteiger partial charge in [-0.25, -0.2) is 4.98 Å². The third kappa shape index (κ3) is 13.5. The molecule has 1 aliphatic heterocycles. The van der Waals surface area contributed by atoms with Crippen molar-refractivity contribution >= 4 is 49.2 Å². The minimum atomic E-state index is -2.56. The van der Waals surface area contributed by atoms with Crippen LogP contribution in [0.2, 0.25) is 18.1 Å². The number of terminal acetylenes is 1. The highest BCUT2D eigenvalue weighted by molar-refractivity contribution is 6.74. The standard InChI is InChI=1S/C40H62FN5O10Si/c1-9-12-14-16-18-32(49)52-23-27(24-53-33(50)19-17-15-13-10-2)28(20-21-31(47)48)37(51)54-25-40(11-3)29(56-57(7,8)39(4,5)6)22-30(55-40)46-26-43-34-35(42)44-38(41)45-36(34)46/h3,26-30H,9-10,12-25H2,1-2,4-8H3,(H,47,48)(H2,42,44,45)/t28?,29-,30+,40+/m0/s1. The molecule has 3 heterocycles.